The smallest absolute Gasteiger partial charge is 0.341 e. The van der Waals surface area contributed by atoms with Crippen LogP contribution in [0.15, 0.2) is 0 Å². The van der Waals surface area contributed by atoms with Crippen LogP contribution in [0.5, 0.6) is 0 Å². The van der Waals surface area contributed by atoms with Crippen LogP contribution in [-0.2, 0) is 14.3 Å². The molecular weight excluding hydrogens is 180 g/mol. The van der Waals surface area contributed by atoms with Crippen LogP contribution in [0.2, 0.25) is 0 Å². The van der Waals surface area contributed by atoms with Crippen LogP contribution in [0.3, 0.4) is 0 Å². The molecule has 80 valence electrons. The maximum absolute atomic E-state index is 11.7. The minimum Gasteiger partial charge on any atom is -0.467 e. The molecule has 2 aliphatic rings. The Labute approximate surface area is 84.8 Å². The summed E-state index contributed by atoms with van der Waals surface area (Å²) in [5.41, 5.74) is -0.826. The van der Waals surface area contributed by atoms with Crippen molar-refractivity contribution in [3.63, 3.8) is 0 Å². The molecule has 1 spiro atoms. The topological polar surface area (TPSA) is 38.8 Å². The van der Waals surface area contributed by atoms with E-state index in [9.17, 15) is 4.79 Å². The molecule has 0 N–H and O–H groups in total. The Morgan fingerprint density at radius 3 is 2.43 bits per heavy atom. The summed E-state index contributed by atoms with van der Waals surface area (Å²) in [6.07, 6.45) is 2.16. The summed E-state index contributed by atoms with van der Waals surface area (Å²) in [5, 5.41) is 0. The first-order valence-electron chi connectivity index (χ1n) is 5.30. The van der Waals surface area contributed by atoms with E-state index in [4.69, 9.17) is 9.47 Å². The molecule has 3 unspecified atom stereocenters. The summed E-state index contributed by atoms with van der Waals surface area (Å²) in [6.45, 7) is 6.20. The highest BCUT2D eigenvalue weighted by atomic mass is 16.7. The lowest BCUT2D eigenvalue weighted by molar-refractivity contribution is -0.149. The molecule has 0 amide bonds. The van der Waals surface area contributed by atoms with E-state index >= 15 is 0 Å². The number of rotatable bonds is 2. The van der Waals surface area contributed by atoms with Crippen LogP contribution in [0, 0.1) is 11.8 Å². The number of esters is 1. The van der Waals surface area contributed by atoms with Gasteiger partial charge in [-0.15, -0.1) is 0 Å². The Morgan fingerprint density at radius 2 is 2.21 bits per heavy atom. The second-order valence-corrected chi connectivity index (χ2v) is 4.81. The zero-order valence-electron chi connectivity index (χ0n) is 9.29. The molecular formula is C11H18O3. The van der Waals surface area contributed by atoms with E-state index in [0.29, 0.717) is 5.92 Å². The molecule has 0 aromatic heterocycles. The standard InChI is InChI=1S/C11H18O3/c1-7(2)11(9(12)13-4)10(14-11)6-5-8(10)3/h7-8H,5-6H2,1-4H3. The fourth-order valence-electron chi connectivity index (χ4n) is 2.87. The van der Waals surface area contributed by atoms with Crippen molar-refractivity contribution in [2.24, 2.45) is 11.8 Å². The molecule has 3 atom stereocenters. The van der Waals surface area contributed by atoms with Crippen molar-refractivity contribution in [3.8, 4) is 0 Å². The molecule has 1 saturated carbocycles. The van der Waals surface area contributed by atoms with E-state index in [1.54, 1.807) is 0 Å². The molecule has 3 heteroatoms. The normalized spacial score (nSPS) is 45.1. The van der Waals surface area contributed by atoms with E-state index in [1.807, 2.05) is 13.8 Å². The third-order valence-electron chi connectivity index (χ3n) is 3.98. The molecule has 2 rings (SSSR count). The van der Waals surface area contributed by atoms with Gasteiger partial charge in [0.2, 0.25) is 0 Å². The number of hydrogen-bond acceptors (Lipinski definition) is 3. The highest BCUT2D eigenvalue weighted by Crippen LogP contribution is 2.66. The van der Waals surface area contributed by atoms with E-state index < -0.39 is 5.60 Å². The number of carbonyl (C=O) groups excluding carboxylic acids is 1. The van der Waals surface area contributed by atoms with E-state index in [0.717, 1.165) is 12.8 Å². The summed E-state index contributed by atoms with van der Waals surface area (Å²) in [5.74, 6) is 0.487. The first-order valence-corrected chi connectivity index (χ1v) is 5.30. The van der Waals surface area contributed by atoms with Gasteiger partial charge in [0.1, 0.15) is 5.60 Å². The lowest BCUT2D eigenvalue weighted by atomic mass is 9.65. The largest absolute Gasteiger partial charge is 0.467 e. The van der Waals surface area contributed by atoms with E-state index in [2.05, 4.69) is 6.92 Å². The second-order valence-electron chi connectivity index (χ2n) is 4.81. The summed E-state index contributed by atoms with van der Waals surface area (Å²) < 4.78 is 10.6. The minimum absolute atomic E-state index is 0.186. The number of methoxy groups -OCH3 is 1. The maximum atomic E-state index is 11.7. The minimum atomic E-state index is -0.639. The zero-order chi connectivity index (χ0) is 10.6. The van der Waals surface area contributed by atoms with Gasteiger partial charge < -0.3 is 9.47 Å². The van der Waals surface area contributed by atoms with E-state index in [-0.39, 0.29) is 17.5 Å². The second kappa shape index (κ2) is 2.72. The average molecular weight is 198 g/mol. The van der Waals surface area contributed by atoms with Gasteiger partial charge in [-0.25, -0.2) is 4.79 Å². The van der Waals surface area contributed by atoms with Crippen molar-refractivity contribution in [3.05, 3.63) is 0 Å². The molecule has 3 nitrogen and oxygen atoms in total. The maximum Gasteiger partial charge on any atom is 0.341 e. The SMILES string of the molecule is COC(=O)C1(C(C)C)OC12CCC2C. The van der Waals surface area contributed by atoms with Gasteiger partial charge >= 0.3 is 5.97 Å². The Hall–Kier alpha value is -0.570. The molecule has 1 aliphatic carbocycles. The highest BCUT2D eigenvalue weighted by Gasteiger charge is 2.81. The summed E-state index contributed by atoms with van der Waals surface area (Å²) in [6, 6.07) is 0. The molecule has 0 aromatic rings. The predicted octanol–water partition coefficient (Wildman–Crippen LogP) is 1.75. The van der Waals surface area contributed by atoms with Gasteiger partial charge in [-0.05, 0) is 24.7 Å². The van der Waals surface area contributed by atoms with Crippen LogP contribution in [0.25, 0.3) is 0 Å². The van der Waals surface area contributed by atoms with Crippen molar-refractivity contribution in [1.29, 1.82) is 0 Å². The number of ether oxygens (including phenoxy) is 2. The molecule has 0 radical (unpaired) electrons. The molecule has 1 aliphatic heterocycles. The Morgan fingerprint density at radius 1 is 1.57 bits per heavy atom. The molecule has 0 bridgehead atoms. The van der Waals surface area contributed by atoms with Crippen LogP contribution < -0.4 is 0 Å². The molecule has 14 heavy (non-hydrogen) atoms. The fraction of sp³-hybridized carbons (Fsp3) is 0.909. The molecule has 1 heterocycles. The predicted molar refractivity (Wildman–Crippen MR) is 51.8 cm³/mol. The van der Waals surface area contributed by atoms with Crippen molar-refractivity contribution < 1.29 is 14.3 Å². The van der Waals surface area contributed by atoms with Gasteiger partial charge in [0.15, 0.2) is 5.60 Å². The van der Waals surface area contributed by atoms with Crippen molar-refractivity contribution in [2.45, 2.75) is 44.8 Å². The average Bonchev–Trinajstić information content (AvgIpc) is 2.88. The Bertz CT molecular complexity index is 274. The third kappa shape index (κ3) is 0.842. The third-order valence-corrected chi connectivity index (χ3v) is 3.98. The highest BCUT2D eigenvalue weighted by molar-refractivity contribution is 5.85. The van der Waals surface area contributed by atoms with Gasteiger partial charge in [0.25, 0.3) is 0 Å². The van der Waals surface area contributed by atoms with Crippen LogP contribution in [0.4, 0.5) is 0 Å². The van der Waals surface area contributed by atoms with Gasteiger partial charge in [-0.3, -0.25) is 0 Å². The van der Waals surface area contributed by atoms with Crippen molar-refractivity contribution >= 4 is 5.97 Å². The lowest BCUT2D eigenvalue weighted by Crippen LogP contribution is -2.47. The van der Waals surface area contributed by atoms with Crippen molar-refractivity contribution in [2.75, 3.05) is 7.11 Å². The first-order chi connectivity index (χ1) is 6.51. The monoisotopic (exact) mass is 198 g/mol. The molecule has 0 aromatic carbocycles. The summed E-state index contributed by atoms with van der Waals surface area (Å²) >= 11 is 0. The molecule has 1 saturated heterocycles. The number of carbonyl (C=O) groups is 1. The first kappa shape index (κ1) is 9.97. The van der Waals surface area contributed by atoms with Crippen molar-refractivity contribution in [1.82, 2.24) is 0 Å². The van der Waals surface area contributed by atoms with E-state index in [1.165, 1.54) is 7.11 Å². The summed E-state index contributed by atoms with van der Waals surface area (Å²) in [4.78, 5) is 11.7. The summed E-state index contributed by atoms with van der Waals surface area (Å²) in [7, 11) is 1.44. The Balaban J connectivity index is 2.25. The van der Waals surface area contributed by atoms with Gasteiger partial charge in [-0.2, -0.15) is 0 Å². The van der Waals surface area contributed by atoms with Gasteiger partial charge in [0.05, 0.1) is 7.11 Å². The lowest BCUT2D eigenvalue weighted by Gasteiger charge is -2.34. The fourth-order valence-corrected chi connectivity index (χ4v) is 2.87. The van der Waals surface area contributed by atoms with Crippen LogP contribution >= 0.6 is 0 Å². The van der Waals surface area contributed by atoms with Crippen LogP contribution in [0.1, 0.15) is 33.6 Å². The van der Waals surface area contributed by atoms with Crippen LogP contribution in [-0.4, -0.2) is 24.3 Å². The number of hydrogen-bond donors (Lipinski definition) is 0. The quantitative estimate of drug-likeness (QED) is 0.501. The Kier molecular flexibility index (Phi) is 1.94. The number of epoxide rings is 1. The van der Waals surface area contributed by atoms with Gasteiger partial charge in [-0.1, -0.05) is 20.8 Å². The van der Waals surface area contributed by atoms with Gasteiger partial charge in [0, 0.05) is 0 Å². The molecule has 2 fully saturated rings. The zero-order valence-corrected chi connectivity index (χ0v) is 9.29.